The second-order valence-electron chi connectivity index (χ2n) is 5.88. The number of amides is 1. The first-order valence-corrected chi connectivity index (χ1v) is 8.42. The molecule has 0 aliphatic carbocycles. The Morgan fingerprint density at radius 1 is 1.16 bits per heavy atom. The van der Waals surface area contributed by atoms with Crippen LogP contribution in [0, 0.1) is 6.92 Å². The summed E-state index contributed by atoms with van der Waals surface area (Å²) in [4.78, 5) is 24.8. The Morgan fingerprint density at radius 2 is 1.88 bits per heavy atom. The molecule has 2 aromatic rings. The molecule has 0 saturated carbocycles. The van der Waals surface area contributed by atoms with Crippen molar-refractivity contribution in [3.8, 4) is 0 Å². The number of ether oxygens (including phenoxy) is 1. The van der Waals surface area contributed by atoms with Crippen molar-refractivity contribution in [1.82, 2.24) is 0 Å². The van der Waals surface area contributed by atoms with E-state index in [1.54, 1.807) is 25.1 Å². The van der Waals surface area contributed by atoms with Crippen molar-refractivity contribution < 1.29 is 14.3 Å². The highest BCUT2D eigenvalue weighted by molar-refractivity contribution is 5.98. The third-order valence-electron chi connectivity index (χ3n) is 4.02. The van der Waals surface area contributed by atoms with Gasteiger partial charge in [0.2, 0.25) is 0 Å². The number of nitrogens with one attached hydrogen (secondary N) is 1. The molecule has 25 heavy (non-hydrogen) atoms. The van der Waals surface area contributed by atoms with Crippen LogP contribution in [0.15, 0.2) is 42.5 Å². The first-order valence-electron chi connectivity index (χ1n) is 8.42. The Hall–Kier alpha value is -2.82. The summed E-state index contributed by atoms with van der Waals surface area (Å²) < 4.78 is 5.38. The maximum absolute atomic E-state index is 12.6. The Balaban J connectivity index is 2.13. The van der Waals surface area contributed by atoms with Crippen LogP contribution in [-0.4, -0.2) is 18.0 Å². The SMILES string of the molecule is CCc1cccc(C)c1NC(=O)C(CC)OC(=O)c1cccc(N)c1. The van der Waals surface area contributed by atoms with Crippen molar-refractivity contribution in [2.75, 3.05) is 11.1 Å². The predicted octanol–water partition coefficient (Wildman–Crippen LogP) is 3.71. The highest BCUT2D eigenvalue weighted by Crippen LogP contribution is 2.22. The fourth-order valence-electron chi connectivity index (χ4n) is 2.59. The lowest BCUT2D eigenvalue weighted by molar-refractivity contribution is -0.124. The van der Waals surface area contributed by atoms with Crippen LogP contribution in [0.25, 0.3) is 0 Å². The summed E-state index contributed by atoms with van der Waals surface area (Å²) in [6.45, 7) is 5.77. The number of hydrogen-bond acceptors (Lipinski definition) is 4. The van der Waals surface area contributed by atoms with Crippen LogP contribution in [0.5, 0.6) is 0 Å². The monoisotopic (exact) mass is 340 g/mol. The van der Waals surface area contributed by atoms with Gasteiger partial charge in [0.25, 0.3) is 5.91 Å². The third-order valence-corrected chi connectivity index (χ3v) is 4.02. The number of esters is 1. The number of para-hydroxylation sites is 1. The van der Waals surface area contributed by atoms with Crippen molar-refractivity contribution in [2.24, 2.45) is 0 Å². The van der Waals surface area contributed by atoms with E-state index in [0.717, 1.165) is 23.2 Å². The van der Waals surface area contributed by atoms with Crippen LogP contribution in [0.3, 0.4) is 0 Å². The van der Waals surface area contributed by atoms with Crippen molar-refractivity contribution in [3.63, 3.8) is 0 Å². The maximum atomic E-state index is 12.6. The number of benzene rings is 2. The number of hydrogen-bond donors (Lipinski definition) is 2. The van der Waals surface area contributed by atoms with Gasteiger partial charge in [-0.05, 0) is 49.1 Å². The molecule has 3 N–H and O–H groups in total. The number of carbonyl (C=O) groups is 2. The molecule has 132 valence electrons. The molecule has 1 unspecified atom stereocenters. The summed E-state index contributed by atoms with van der Waals surface area (Å²) in [6, 6.07) is 12.4. The second-order valence-corrected chi connectivity index (χ2v) is 5.88. The molecule has 0 aliphatic rings. The fraction of sp³-hybridized carbons (Fsp3) is 0.300. The number of anilines is 2. The standard InChI is InChI=1S/C20H24N2O3/c1-4-14-9-6-8-13(3)18(14)22-19(23)17(5-2)25-20(24)15-10-7-11-16(21)12-15/h6-12,17H,4-5,21H2,1-3H3,(H,22,23). The van der Waals surface area contributed by atoms with Gasteiger partial charge >= 0.3 is 5.97 Å². The minimum atomic E-state index is -0.863. The molecule has 2 rings (SSSR count). The molecule has 0 saturated heterocycles. The second kappa shape index (κ2) is 8.33. The summed E-state index contributed by atoms with van der Waals surface area (Å²) in [7, 11) is 0. The molecule has 0 spiro atoms. The van der Waals surface area contributed by atoms with Gasteiger partial charge in [0.15, 0.2) is 6.10 Å². The van der Waals surface area contributed by atoms with Crippen LogP contribution in [0.1, 0.15) is 41.8 Å². The molecule has 1 atom stereocenters. The number of rotatable bonds is 6. The minimum absolute atomic E-state index is 0.330. The molecular weight excluding hydrogens is 316 g/mol. The highest BCUT2D eigenvalue weighted by Gasteiger charge is 2.23. The van der Waals surface area contributed by atoms with E-state index < -0.39 is 12.1 Å². The van der Waals surface area contributed by atoms with Gasteiger partial charge in [0, 0.05) is 11.4 Å². The van der Waals surface area contributed by atoms with Gasteiger partial charge in [-0.25, -0.2) is 4.79 Å². The summed E-state index contributed by atoms with van der Waals surface area (Å²) in [6.07, 6.45) is 0.322. The fourth-order valence-corrected chi connectivity index (χ4v) is 2.59. The number of nitrogens with two attached hydrogens (primary N) is 1. The van der Waals surface area contributed by atoms with E-state index in [2.05, 4.69) is 5.32 Å². The summed E-state index contributed by atoms with van der Waals surface area (Å²) in [5.74, 6) is -0.890. The van der Waals surface area contributed by atoms with Gasteiger partial charge < -0.3 is 15.8 Å². The van der Waals surface area contributed by atoms with Crippen LogP contribution < -0.4 is 11.1 Å². The van der Waals surface area contributed by atoms with Gasteiger partial charge in [-0.15, -0.1) is 0 Å². The van der Waals surface area contributed by atoms with Crippen LogP contribution >= 0.6 is 0 Å². The lowest BCUT2D eigenvalue weighted by atomic mass is 10.1. The van der Waals surface area contributed by atoms with Gasteiger partial charge in [0.05, 0.1) is 5.56 Å². The molecule has 0 radical (unpaired) electrons. The van der Waals surface area contributed by atoms with E-state index in [1.807, 2.05) is 32.0 Å². The van der Waals surface area contributed by atoms with Gasteiger partial charge in [0.1, 0.15) is 0 Å². The number of nitrogen functional groups attached to an aromatic ring is 1. The normalized spacial score (nSPS) is 11.6. The lowest BCUT2D eigenvalue weighted by Gasteiger charge is -2.19. The number of aryl methyl sites for hydroxylation is 2. The van der Waals surface area contributed by atoms with E-state index in [0.29, 0.717) is 17.7 Å². The Morgan fingerprint density at radius 3 is 2.52 bits per heavy atom. The first kappa shape index (κ1) is 18.5. The van der Waals surface area contributed by atoms with E-state index in [4.69, 9.17) is 10.5 Å². The molecular formula is C20H24N2O3. The molecule has 5 nitrogen and oxygen atoms in total. The molecule has 0 aromatic heterocycles. The zero-order chi connectivity index (χ0) is 18.4. The topological polar surface area (TPSA) is 81.4 Å². The smallest absolute Gasteiger partial charge is 0.338 e. The first-order chi connectivity index (χ1) is 12.0. The largest absolute Gasteiger partial charge is 0.449 e. The molecule has 1 amide bonds. The summed E-state index contributed by atoms with van der Waals surface area (Å²) in [5, 5.41) is 2.91. The molecule has 0 fully saturated rings. The zero-order valence-electron chi connectivity index (χ0n) is 14.8. The highest BCUT2D eigenvalue weighted by atomic mass is 16.5. The van der Waals surface area contributed by atoms with E-state index in [1.165, 1.54) is 6.07 Å². The van der Waals surface area contributed by atoms with Crippen molar-refractivity contribution in [2.45, 2.75) is 39.7 Å². The van der Waals surface area contributed by atoms with Gasteiger partial charge in [-0.1, -0.05) is 38.1 Å². The molecule has 0 heterocycles. The maximum Gasteiger partial charge on any atom is 0.338 e. The minimum Gasteiger partial charge on any atom is -0.449 e. The van der Waals surface area contributed by atoms with Gasteiger partial charge in [-0.2, -0.15) is 0 Å². The molecule has 5 heteroatoms. The molecule has 0 aliphatic heterocycles. The Bertz CT molecular complexity index is 771. The van der Waals surface area contributed by atoms with E-state index >= 15 is 0 Å². The van der Waals surface area contributed by atoms with Gasteiger partial charge in [-0.3, -0.25) is 4.79 Å². The molecule has 2 aromatic carbocycles. The van der Waals surface area contributed by atoms with Crippen LogP contribution in [0.2, 0.25) is 0 Å². The predicted molar refractivity (Wildman–Crippen MR) is 99.5 cm³/mol. The summed E-state index contributed by atoms with van der Waals surface area (Å²) in [5.41, 5.74) is 9.29. The van der Waals surface area contributed by atoms with Crippen molar-refractivity contribution >= 4 is 23.3 Å². The average Bonchev–Trinajstić information content (AvgIpc) is 2.60. The van der Waals surface area contributed by atoms with Crippen LogP contribution in [0.4, 0.5) is 11.4 Å². The van der Waals surface area contributed by atoms with E-state index in [-0.39, 0.29) is 5.91 Å². The Kier molecular flexibility index (Phi) is 6.17. The van der Waals surface area contributed by atoms with E-state index in [9.17, 15) is 9.59 Å². The lowest BCUT2D eigenvalue weighted by Crippen LogP contribution is -2.32. The Labute approximate surface area is 148 Å². The molecule has 0 bridgehead atoms. The number of carbonyl (C=O) groups excluding carboxylic acids is 2. The van der Waals surface area contributed by atoms with Crippen molar-refractivity contribution in [3.05, 3.63) is 59.2 Å². The summed E-state index contributed by atoms with van der Waals surface area (Å²) >= 11 is 0. The zero-order valence-corrected chi connectivity index (χ0v) is 14.8. The third kappa shape index (κ3) is 4.59. The van der Waals surface area contributed by atoms with Crippen LogP contribution in [-0.2, 0) is 16.0 Å². The quantitative estimate of drug-likeness (QED) is 0.620. The van der Waals surface area contributed by atoms with Crippen molar-refractivity contribution in [1.29, 1.82) is 0 Å². The average molecular weight is 340 g/mol.